The van der Waals surface area contributed by atoms with Crippen LogP contribution in [0.25, 0.3) is 33.3 Å². The fourth-order valence-electron chi connectivity index (χ4n) is 4.75. The molecule has 0 unspecified atom stereocenters. The Morgan fingerprint density at radius 2 is 1.81 bits per heavy atom. The van der Waals surface area contributed by atoms with E-state index < -0.39 is 0 Å². The zero-order chi connectivity index (χ0) is 18.2. The van der Waals surface area contributed by atoms with Crippen LogP contribution in [0.1, 0.15) is 30.5 Å². The van der Waals surface area contributed by atoms with E-state index in [-0.39, 0.29) is 5.41 Å². The fourth-order valence-corrected chi connectivity index (χ4v) is 4.75. The molecule has 130 valence electrons. The molecule has 0 amide bonds. The maximum Gasteiger partial charge on any atom is 0.153 e. The first-order chi connectivity index (χ1) is 13.2. The Morgan fingerprint density at radius 3 is 2.74 bits per heavy atom. The number of benzene rings is 2. The van der Waals surface area contributed by atoms with Crippen molar-refractivity contribution in [2.24, 2.45) is 0 Å². The van der Waals surface area contributed by atoms with Gasteiger partial charge in [0.2, 0.25) is 0 Å². The maximum atomic E-state index is 6.19. The molecular weight excluding hydrogens is 332 g/mol. The zero-order valence-corrected chi connectivity index (χ0v) is 15.3. The summed E-state index contributed by atoms with van der Waals surface area (Å²) in [6, 6.07) is 16.9. The molecule has 1 aliphatic carbocycles. The summed E-state index contributed by atoms with van der Waals surface area (Å²) in [6.07, 6.45) is 3.84. The summed E-state index contributed by atoms with van der Waals surface area (Å²) < 4.78 is 6.19. The fraction of sp³-hybridized carbons (Fsp3) is 0.167. The smallest absolute Gasteiger partial charge is 0.153 e. The lowest BCUT2D eigenvalue weighted by molar-refractivity contribution is 0.304. The van der Waals surface area contributed by atoms with Gasteiger partial charge in [-0.2, -0.15) is 0 Å². The van der Waals surface area contributed by atoms with E-state index >= 15 is 0 Å². The van der Waals surface area contributed by atoms with Gasteiger partial charge in [-0.05, 0) is 22.8 Å². The molecule has 0 fully saturated rings. The summed E-state index contributed by atoms with van der Waals surface area (Å²) in [5, 5.41) is 2.23. The molecule has 4 aromatic rings. The molecule has 3 heteroatoms. The number of rotatable bonds is 0. The van der Waals surface area contributed by atoms with E-state index in [9.17, 15) is 0 Å². The maximum absolute atomic E-state index is 6.19. The van der Waals surface area contributed by atoms with Crippen LogP contribution >= 0.6 is 0 Å². The molecule has 2 aliphatic rings. The van der Waals surface area contributed by atoms with Gasteiger partial charge in [-0.3, -0.25) is 9.97 Å². The Morgan fingerprint density at radius 1 is 0.926 bits per heavy atom. The number of aromatic nitrogens is 2. The molecule has 0 atom stereocenters. The minimum atomic E-state index is -0.119. The van der Waals surface area contributed by atoms with E-state index in [1.165, 1.54) is 27.8 Å². The van der Waals surface area contributed by atoms with Crippen molar-refractivity contribution in [1.82, 2.24) is 9.97 Å². The minimum Gasteiger partial charge on any atom is -0.486 e. The molecular formula is C24H18N2O. The normalized spacial score (nSPS) is 15.5. The molecule has 0 bridgehead atoms. The number of pyridine rings is 2. The zero-order valence-electron chi connectivity index (χ0n) is 15.3. The van der Waals surface area contributed by atoms with Crippen molar-refractivity contribution in [3.05, 3.63) is 77.6 Å². The van der Waals surface area contributed by atoms with E-state index in [2.05, 4.69) is 50.2 Å². The van der Waals surface area contributed by atoms with Gasteiger partial charge < -0.3 is 4.74 Å². The van der Waals surface area contributed by atoms with Crippen LogP contribution in [0.2, 0.25) is 0 Å². The minimum absolute atomic E-state index is 0.119. The lowest BCUT2D eigenvalue weighted by Crippen LogP contribution is -2.19. The predicted molar refractivity (Wildman–Crippen MR) is 107 cm³/mol. The third-order valence-electron chi connectivity index (χ3n) is 6.01. The van der Waals surface area contributed by atoms with Crippen LogP contribution in [0.5, 0.6) is 5.75 Å². The molecule has 0 radical (unpaired) electrons. The van der Waals surface area contributed by atoms with Crippen molar-refractivity contribution in [3.63, 3.8) is 0 Å². The largest absolute Gasteiger partial charge is 0.486 e. The van der Waals surface area contributed by atoms with E-state index in [4.69, 9.17) is 14.7 Å². The number of hydrogen-bond acceptors (Lipinski definition) is 3. The standard InChI is InChI=1S/C24H18N2O/c1-24(2)18-8-5-11-25-21(18)17-10-9-15-13-27-23-16-7-4-3-6-14(16)12-26-22(23)19(15)20(17)24/h3-12H,13H2,1-2H3. The summed E-state index contributed by atoms with van der Waals surface area (Å²) in [7, 11) is 0. The summed E-state index contributed by atoms with van der Waals surface area (Å²) in [5.41, 5.74) is 8.17. The van der Waals surface area contributed by atoms with Gasteiger partial charge in [0.15, 0.2) is 5.75 Å². The molecule has 6 rings (SSSR count). The van der Waals surface area contributed by atoms with Crippen LogP contribution < -0.4 is 4.74 Å². The lowest BCUT2D eigenvalue weighted by atomic mass is 9.78. The predicted octanol–water partition coefficient (Wildman–Crippen LogP) is 5.50. The topological polar surface area (TPSA) is 35.0 Å². The van der Waals surface area contributed by atoms with Crippen LogP contribution in [0.15, 0.2) is 60.9 Å². The van der Waals surface area contributed by atoms with Crippen molar-refractivity contribution in [1.29, 1.82) is 0 Å². The molecule has 0 spiro atoms. The van der Waals surface area contributed by atoms with Gasteiger partial charge in [-0.1, -0.05) is 56.3 Å². The van der Waals surface area contributed by atoms with Gasteiger partial charge in [-0.15, -0.1) is 0 Å². The lowest BCUT2D eigenvalue weighted by Gasteiger charge is -2.29. The monoisotopic (exact) mass is 350 g/mol. The molecule has 3 heterocycles. The van der Waals surface area contributed by atoms with Gasteiger partial charge in [0.1, 0.15) is 12.3 Å². The van der Waals surface area contributed by atoms with Gasteiger partial charge >= 0.3 is 0 Å². The third-order valence-corrected chi connectivity index (χ3v) is 6.01. The van der Waals surface area contributed by atoms with Crippen molar-refractivity contribution in [3.8, 4) is 28.3 Å². The summed E-state index contributed by atoms with van der Waals surface area (Å²) in [5.74, 6) is 0.897. The molecule has 27 heavy (non-hydrogen) atoms. The molecule has 0 N–H and O–H groups in total. The SMILES string of the molecule is CC1(C)c2cccnc2-c2ccc3c(c21)-c1ncc2ccccc2c1OC3. The molecule has 2 aromatic carbocycles. The second-order valence-electron chi connectivity index (χ2n) is 7.86. The first-order valence-electron chi connectivity index (χ1n) is 9.29. The average Bonchev–Trinajstić information content (AvgIpc) is 2.95. The van der Waals surface area contributed by atoms with Gasteiger partial charge in [-0.25, -0.2) is 0 Å². The van der Waals surface area contributed by atoms with E-state index in [0.717, 1.165) is 27.9 Å². The highest BCUT2D eigenvalue weighted by Crippen LogP contribution is 2.54. The van der Waals surface area contributed by atoms with Crippen LogP contribution in [-0.4, -0.2) is 9.97 Å². The van der Waals surface area contributed by atoms with Crippen molar-refractivity contribution in [2.45, 2.75) is 25.9 Å². The second kappa shape index (κ2) is 4.95. The van der Waals surface area contributed by atoms with Crippen molar-refractivity contribution < 1.29 is 4.74 Å². The van der Waals surface area contributed by atoms with E-state index in [0.29, 0.717) is 6.61 Å². The number of nitrogens with zero attached hydrogens (tertiary/aromatic N) is 2. The Balaban J connectivity index is 1.73. The summed E-state index contributed by atoms with van der Waals surface area (Å²) in [6.45, 7) is 5.15. The Kier molecular flexibility index (Phi) is 2.73. The molecule has 3 nitrogen and oxygen atoms in total. The van der Waals surface area contributed by atoms with Gasteiger partial charge in [0.05, 0.1) is 5.69 Å². The van der Waals surface area contributed by atoms with Crippen LogP contribution in [0.4, 0.5) is 0 Å². The Bertz CT molecular complexity index is 1260. The first-order valence-corrected chi connectivity index (χ1v) is 9.29. The Labute approximate surface area is 157 Å². The third kappa shape index (κ3) is 1.81. The number of hydrogen-bond donors (Lipinski definition) is 0. The molecule has 0 saturated heterocycles. The van der Waals surface area contributed by atoms with Crippen LogP contribution in [0.3, 0.4) is 0 Å². The quantitative estimate of drug-likeness (QED) is 0.420. The highest BCUT2D eigenvalue weighted by Gasteiger charge is 2.41. The van der Waals surface area contributed by atoms with Crippen molar-refractivity contribution >= 4 is 10.8 Å². The van der Waals surface area contributed by atoms with E-state index in [1.807, 2.05) is 24.5 Å². The van der Waals surface area contributed by atoms with Crippen LogP contribution in [0, 0.1) is 0 Å². The number of fused-ring (bicyclic) bond motifs is 9. The number of ether oxygens (including phenoxy) is 1. The summed E-state index contributed by atoms with van der Waals surface area (Å²) in [4.78, 5) is 9.55. The second-order valence-corrected chi connectivity index (χ2v) is 7.86. The molecule has 0 saturated carbocycles. The first kappa shape index (κ1) is 14.9. The molecule has 2 aromatic heterocycles. The Hall–Kier alpha value is -3.20. The summed E-state index contributed by atoms with van der Waals surface area (Å²) >= 11 is 0. The highest BCUT2D eigenvalue weighted by molar-refractivity contribution is 5.97. The molecule has 1 aliphatic heterocycles. The van der Waals surface area contributed by atoms with Crippen LogP contribution in [-0.2, 0) is 12.0 Å². The highest BCUT2D eigenvalue weighted by atomic mass is 16.5. The average molecular weight is 350 g/mol. The van der Waals surface area contributed by atoms with Gasteiger partial charge in [0.25, 0.3) is 0 Å². The van der Waals surface area contributed by atoms with Gasteiger partial charge in [0, 0.05) is 39.7 Å². The van der Waals surface area contributed by atoms with E-state index in [1.54, 1.807) is 0 Å². The van der Waals surface area contributed by atoms with Crippen molar-refractivity contribution in [2.75, 3.05) is 0 Å².